The van der Waals surface area contributed by atoms with Crippen molar-refractivity contribution in [3.8, 4) is 0 Å². The molecule has 2 aromatic rings. The van der Waals surface area contributed by atoms with Gasteiger partial charge in [-0.25, -0.2) is 4.98 Å². The molecular formula is C16H21N5O2. The predicted molar refractivity (Wildman–Crippen MR) is 87.3 cm³/mol. The lowest BCUT2D eigenvalue weighted by atomic mass is 10.2. The van der Waals surface area contributed by atoms with Crippen molar-refractivity contribution in [2.45, 2.75) is 25.4 Å². The number of carbonyl (C=O) groups is 1. The normalized spacial score (nSPS) is 17.3. The number of nitrogens with zero attached hydrogens (tertiary/aromatic N) is 4. The maximum Gasteiger partial charge on any atom is 0.243 e. The van der Waals surface area contributed by atoms with Crippen LogP contribution < -0.4 is 15.1 Å². The van der Waals surface area contributed by atoms with Gasteiger partial charge in [0.2, 0.25) is 11.9 Å². The zero-order chi connectivity index (χ0) is 16.2. The van der Waals surface area contributed by atoms with Gasteiger partial charge in [-0.2, -0.15) is 4.98 Å². The van der Waals surface area contributed by atoms with Crippen molar-refractivity contribution in [1.82, 2.24) is 15.3 Å². The van der Waals surface area contributed by atoms with Crippen LogP contribution in [0.5, 0.6) is 0 Å². The summed E-state index contributed by atoms with van der Waals surface area (Å²) in [5, 5.41) is 2.92. The molecule has 1 aliphatic rings. The molecule has 1 fully saturated rings. The summed E-state index contributed by atoms with van der Waals surface area (Å²) in [5.74, 6) is 2.16. The average Bonchev–Trinajstić information content (AvgIpc) is 3.24. The fourth-order valence-corrected chi connectivity index (χ4v) is 2.71. The molecule has 0 saturated carbocycles. The third-order valence-corrected chi connectivity index (χ3v) is 3.92. The fourth-order valence-electron chi connectivity index (χ4n) is 2.71. The number of carbonyl (C=O) groups excluding carboxylic acids is 1. The van der Waals surface area contributed by atoms with Crippen LogP contribution in [-0.4, -0.2) is 42.6 Å². The molecule has 7 nitrogen and oxygen atoms in total. The molecule has 0 spiro atoms. The Morgan fingerprint density at radius 2 is 2.35 bits per heavy atom. The van der Waals surface area contributed by atoms with Gasteiger partial charge in [0.1, 0.15) is 17.6 Å². The molecule has 122 valence electrons. The van der Waals surface area contributed by atoms with E-state index < -0.39 is 0 Å². The van der Waals surface area contributed by atoms with Gasteiger partial charge in [-0.05, 0) is 31.0 Å². The molecule has 1 atom stereocenters. The molecule has 0 aromatic carbocycles. The zero-order valence-corrected chi connectivity index (χ0v) is 13.4. The second-order valence-electron chi connectivity index (χ2n) is 5.76. The van der Waals surface area contributed by atoms with E-state index in [1.165, 1.54) is 0 Å². The van der Waals surface area contributed by atoms with Crippen molar-refractivity contribution in [2.75, 3.05) is 30.4 Å². The first-order valence-corrected chi connectivity index (χ1v) is 7.72. The second kappa shape index (κ2) is 6.68. The van der Waals surface area contributed by atoms with Crippen LogP contribution >= 0.6 is 0 Å². The molecule has 1 saturated heterocycles. The van der Waals surface area contributed by atoms with Crippen LogP contribution in [0.1, 0.15) is 18.6 Å². The second-order valence-corrected chi connectivity index (χ2v) is 5.76. The molecule has 1 amide bonds. The van der Waals surface area contributed by atoms with Gasteiger partial charge < -0.3 is 19.5 Å². The quantitative estimate of drug-likeness (QED) is 0.899. The maximum atomic E-state index is 12.5. The molecule has 23 heavy (non-hydrogen) atoms. The van der Waals surface area contributed by atoms with Crippen molar-refractivity contribution in [3.05, 3.63) is 36.4 Å². The van der Waals surface area contributed by atoms with E-state index in [0.29, 0.717) is 12.5 Å². The number of furan rings is 1. The third-order valence-electron chi connectivity index (χ3n) is 3.92. The Morgan fingerprint density at radius 3 is 3.09 bits per heavy atom. The number of aromatic nitrogens is 2. The Balaban J connectivity index is 1.69. The van der Waals surface area contributed by atoms with E-state index >= 15 is 0 Å². The predicted octanol–water partition coefficient (Wildman–Crippen LogP) is 1.42. The topological polar surface area (TPSA) is 74.5 Å². The molecule has 0 radical (unpaired) electrons. The first kappa shape index (κ1) is 15.3. The first-order chi connectivity index (χ1) is 11.1. The summed E-state index contributed by atoms with van der Waals surface area (Å²) in [6.07, 6.45) is 5.09. The molecule has 7 heteroatoms. The van der Waals surface area contributed by atoms with Crippen molar-refractivity contribution in [1.29, 1.82) is 0 Å². The van der Waals surface area contributed by atoms with E-state index in [2.05, 4.69) is 15.3 Å². The Bertz CT molecular complexity index is 656. The Kier molecular flexibility index (Phi) is 4.45. The van der Waals surface area contributed by atoms with Gasteiger partial charge in [-0.1, -0.05) is 0 Å². The average molecular weight is 315 g/mol. The van der Waals surface area contributed by atoms with Crippen LogP contribution in [-0.2, 0) is 11.3 Å². The molecule has 3 rings (SSSR count). The highest BCUT2D eigenvalue weighted by Gasteiger charge is 2.32. The highest BCUT2D eigenvalue weighted by Crippen LogP contribution is 2.23. The summed E-state index contributed by atoms with van der Waals surface area (Å²) in [5.41, 5.74) is 0. The minimum atomic E-state index is -0.234. The van der Waals surface area contributed by atoms with Crippen molar-refractivity contribution < 1.29 is 9.21 Å². The minimum Gasteiger partial charge on any atom is -0.467 e. The third kappa shape index (κ3) is 3.44. The fraction of sp³-hybridized carbons (Fsp3) is 0.438. The zero-order valence-electron chi connectivity index (χ0n) is 13.4. The van der Waals surface area contributed by atoms with E-state index in [-0.39, 0.29) is 11.9 Å². The Hall–Kier alpha value is -2.57. The SMILES string of the molecule is CN(C)c1ccnc(N2CCC[C@@H]2C(=O)NCc2ccco2)n1. The van der Waals surface area contributed by atoms with Crippen LogP contribution in [0.3, 0.4) is 0 Å². The highest BCUT2D eigenvalue weighted by atomic mass is 16.3. The monoisotopic (exact) mass is 315 g/mol. The highest BCUT2D eigenvalue weighted by molar-refractivity contribution is 5.85. The molecule has 1 N–H and O–H groups in total. The molecule has 0 bridgehead atoms. The van der Waals surface area contributed by atoms with Crippen LogP contribution in [0.15, 0.2) is 35.1 Å². The number of anilines is 2. The summed E-state index contributed by atoms with van der Waals surface area (Å²) in [4.78, 5) is 25.3. The lowest BCUT2D eigenvalue weighted by Gasteiger charge is -2.24. The van der Waals surface area contributed by atoms with E-state index in [9.17, 15) is 4.79 Å². The first-order valence-electron chi connectivity index (χ1n) is 7.72. The summed E-state index contributed by atoms with van der Waals surface area (Å²) in [6, 6.07) is 5.27. The number of amides is 1. The van der Waals surface area contributed by atoms with Crippen LogP contribution in [0.4, 0.5) is 11.8 Å². The van der Waals surface area contributed by atoms with E-state index in [1.807, 2.05) is 42.1 Å². The molecular weight excluding hydrogens is 294 g/mol. The van der Waals surface area contributed by atoms with Gasteiger partial charge in [-0.15, -0.1) is 0 Å². The summed E-state index contributed by atoms with van der Waals surface area (Å²) in [6.45, 7) is 1.19. The van der Waals surface area contributed by atoms with Gasteiger partial charge in [-0.3, -0.25) is 4.79 Å². The summed E-state index contributed by atoms with van der Waals surface area (Å²) in [7, 11) is 3.87. The van der Waals surface area contributed by atoms with Crippen LogP contribution in [0.25, 0.3) is 0 Å². The van der Waals surface area contributed by atoms with E-state index in [1.54, 1.807) is 12.5 Å². The van der Waals surface area contributed by atoms with Crippen LogP contribution in [0.2, 0.25) is 0 Å². The molecule has 1 aliphatic heterocycles. The lowest BCUT2D eigenvalue weighted by Crippen LogP contribution is -2.43. The van der Waals surface area contributed by atoms with E-state index in [4.69, 9.17) is 4.42 Å². The number of hydrogen-bond donors (Lipinski definition) is 1. The maximum absolute atomic E-state index is 12.5. The van der Waals surface area contributed by atoms with Gasteiger partial charge >= 0.3 is 0 Å². The van der Waals surface area contributed by atoms with Crippen LogP contribution in [0, 0.1) is 0 Å². The number of rotatable bonds is 5. The molecule has 2 aromatic heterocycles. The lowest BCUT2D eigenvalue weighted by molar-refractivity contribution is -0.122. The van der Waals surface area contributed by atoms with Crippen molar-refractivity contribution in [3.63, 3.8) is 0 Å². The Labute approximate surface area is 135 Å². The standard InChI is InChI=1S/C16H21N5O2/c1-20(2)14-7-8-17-16(19-14)21-9-3-6-13(21)15(22)18-11-12-5-4-10-23-12/h4-5,7-8,10,13H,3,6,9,11H2,1-2H3,(H,18,22)/t13-/m1/s1. The van der Waals surface area contributed by atoms with E-state index in [0.717, 1.165) is 31.0 Å². The largest absolute Gasteiger partial charge is 0.467 e. The van der Waals surface area contributed by atoms with Gasteiger partial charge in [0.15, 0.2) is 0 Å². The van der Waals surface area contributed by atoms with Crippen molar-refractivity contribution in [2.24, 2.45) is 0 Å². The minimum absolute atomic E-state index is 0.0160. The smallest absolute Gasteiger partial charge is 0.243 e. The molecule has 0 unspecified atom stereocenters. The number of hydrogen-bond acceptors (Lipinski definition) is 6. The summed E-state index contributed by atoms with van der Waals surface area (Å²) < 4.78 is 5.24. The van der Waals surface area contributed by atoms with Crippen molar-refractivity contribution >= 4 is 17.7 Å². The van der Waals surface area contributed by atoms with Gasteiger partial charge in [0.05, 0.1) is 12.8 Å². The number of nitrogens with one attached hydrogen (secondary N) is 1. The molecule has 0 aliphatic carbocycles. The summed E-state index contributed by atoms with van der Waals surface area (Å²) >= 11 is 0. The Morgan fingerprint density at radius 1 is 1.48 bits per heavy atom. The molecule has 3 heterocycles. The van der Waals surface area contributed by atoms with Gasteiger partial charge in [0.25, 0.3) is 0 Å². The van der Waals surface area contributed by atoms with Gasteiger partial charge in [0, 0.05) is 26.8 Å².